The number of carbonyl (C=O) groups excluding carboxylic acids is 2. The van der Waals surface area contributed by atoms with E-state index >= 15 is 0 Å². The Balaban J connectivity index is 1.16. The van der Waals surface area contributed by atoms with Crippen molar-refractivity contribution in [2.24, 2.45) is 50.2 Å². The van der Waals surface area contributed by atoms with E-state index in [1.807, 2.05) is 6.92 Å². The minimum Gasteiger partial charge on any atom is -0.460 e. The number of ether oxygens (including phenoxy) is 4. The molecule has 0 spiro atoms. The molecule has 2 saturated heterocycles. The van der Waals surface area contributed by atoms with Crippen molar-refractivity contribution in [2.45, 2.75) is 173 Å². The minimum absolute atomic E-state index is 0.0572. The first kappa shape index (κ1) is 43.3. The molecule has 0 aromatic carbocycles. The number of aliphatic hydroxyl groups is 9. The second kappa shape index (κ2) is 14.7. The highest BCUT2D eigenvalue weighted by molar-refractivity contribution is 5.79. The predicted molar refractivity (Wildman–Crippen MR) is 199 cm³/mol. The van der Waals surface area contributed by atoms with E-state index in [-0.39, 0.29) is 46.0 Å². The van der Waals surface area contributed by atoms with Crippen LogP contribution in [0.5, 0.6) is 0 Å². The quantitative estimate of drug-likeness (QED) is 0.133. The molecule has 9 N–H and O–H groups in total. The Labute approximate surface area is 334 Å². The fraction of sp³-hybridized carbons (Fsp3) is 0.905. The summed E-state index contributed by atoms with van der Waals surface area (Å²) < 4.78 is 22.7. The molecule has 19 atom stereocenters. The molecule has 4 saturated carbocycles. The van der Waals surface area contributed by atoms with Gasteiger partial charge in [-0.25, -0.2) is 4.79 Å². The van der Waals surface area contributed by atoms with Gasteiger partial charge < -0.3 is 64.9 Å². The third kappa shape index (κ3) is 6.39. The number of rotatable bonds is 6. The summed E-state index contributed by atoms with van der Waals surface area (Å²) in [7, 11) is 0. The van der Waals surface area contributed by atoms with Crippen molar-refractivity contribution in [2.75, 3.05) is 13.2 Å². The van der Waals surface area contributed by atoms with Crippen LogP contribution < -0.4 is 0 Å². The van der Waals surface area contributed by atoms with Gasteiger partial charge in [0.25, 0.3) is 0 Å². The Morgan fingerprint density at radius 3 is 2.07 bits per heavy atom. The zero-order valence-electron chi connectivity index (χ0n) is 34.1. The summed E-state index contributed by atoms with van der Waals surface area (Å²) in [5.74, 6) is -1.52. The van der Waals surface area contributed by atoms with Gasteiger partial charge in [0.1, 0.15) is 48.8 Å². The molecule has 57 heavy (non-hydrogen) atoms. The molecule has 2 aliphatic heterocycles. The van der Waals surface area contributed by atoms with Gasteiger partial charge in [-0.3, -0.25) is 4.79 Å². The van der Waals surface area contributed by atoms with Gasteiger partial charge in [0.15, 0.2) is 12.4 Å². The highest BCUT2D eigenvalue weighted by atomic mass is 16.7. The van der Waals surface area contributed by atoms with Crippen LogP contribution in [0, 0.1) is 50.2 Å². The van der Waals surface area contributed by atoms with Crippen molar-refractivity contribution in [3.8, 4) is 0 Å². The molecule has 2 heterocycles. The molecule has 15 nitrogen and oxygen atoms in total. The van der Waals surface area contributed by atoms with Gasteiger partial charge in [0.2, 0.25) is 6.29 Å². The van der Waals surface area contributed by atoms with E-state index in [9.17, 15) is 55.5 Å². The smallest absolute Gasteiger partial charge is 0.338 e. The zero-order chi connectivity index (χ0) is 41.8. The van der Waals surface area contributed by atoms with Crippen LogP contribution in [-0.4, -0.2) is 139 Å². The maximum Gasteiger partial charge on any atom is 0.338 e. The second-order valence-electron chi connectivity index (χ2n) is 20.5. The molecule has 0 radical (unpaired) electrons. The maximum absolute atomic E-state index is 14.6. The Kier molecular flexibility index (Phi) is 11.2. The van der Waals surface area contributed by atoms with Gasteiger partial charge in [-0.05, 0) is 104 Å². The minimum atomic E-state index is -1.89. The molecule has 5 aliphatic carbocycles. The monoisotopic (exact) mass is 810 g/mol. The number of hydrogen-bond acceptors (Lipinski definition) is 15. The lowest BCUT2D eigenvalue weighted by Gasteiger charge is -2.71. The van der Waals surface area contributed by atoms with Crippen LogP contribution in [-0.2, 0) is 28.5 Å². The second-order valence-corrected chi connectivity index (χ2v) is 20.5. The summed E-state index contributed by atoms with van der Waals surface area (Å²) in [5, 5.41) is 93.1. The molecule has 7 aliphatic rings. The molecule has 15 heteroatoms. The summed E-state index contributed by atoms with van der Waals surface area (Å²) in [6.07, 6.45) is -8.30. The van der Waals surface area contributed by atoms with Crippen molar-refractivity contribution in [3.05, 3.63) is 11.6 Å². The average molecular weight is 811 g/mol. The normalized spacial score (nSPS) is 53.2. The highest BCUT2D eigenvalue weighted by Gasteiger charge is 2.70. The van der Waals surface area contributed by atoms with Gasteiger partial charge in [0, 0.05) is 5.41 Å². The van der Waals surface area contributed by atoms with Crippen LogP contribution >= 0.6 is 0 Å². The van der Waals surface area contributed by atoms with Crippen molar-refractivity contribution >= 4 is 11.9 Å². The van der Waals surface area contributed by atoms with E-state index in [4.69, 9.17) is 18.9 Å². The van der Waals surface area contributed by atoms with E-state index < -0.39 is 96.9 Å². The molecule has 0 bridgehead atoms. The first-order valence-electron chi connectivity index (χ1n) is 21.0. The largest absolute Gasteiger partial charge is 0.460 e. The number of fused-ring (bicyclic) bond motifs is 7. The Morgan fingerprint density at radius 1 is 0.737 bits per heavy atom. The third-order valence-electron chi connectivity index (χ3n) is 17.3. The van der Waals surface area contributed by atoms with E-state index in [0.717, 1.165) is 32.1 Å². The number of allylic oxidation sites excluding steroid dienone is 2. The maximum atomic E-state index is 14.6. The summed E-state index contributed by atoms with van der Waals surface area (Å²) in [4.78, 5) is 28.0. The van der Waals surface area contributed by atoms with E-state index in [2.05, 4.69) is 40.7 Å². The number of hydrogen-bond donors (Lipinski definition) is 9. The van der Waals surface area contributed by atoms with Gasteiger partial charge >= 0.3 is 11.9 Å². The SMILES string of the molecule is CC1(C)CCC2(C(=O)OC3OC(CO)C(O)C(O)C3O)CCC3(C)C(=CCC4C5(C)CCC(OC(=O)C6OC(O)C(O)C(O)C6O)C(C)(CO)C5CCC43C)C2C1. The Hall–Kier alpha value is -1.76. The van der Waals surface area contributed by atoms with E-state index in [1.54, 1.807) is 0 Å². The number of esters is 2. The summed E-state index contributed by atoms with van der Waals surface area (Å²) >= 11 is 0. The fourth-order valence-corrected chi connectivity index (χ4v) is 13.5. The average Bonchev–Trinajstić information content (AvgIpc) is 3.16. The summed E-state index contributed by atoms with van der Waals surface area (Å²) in [6, 6.07) is 0. The van der Waals surface area contributed by atoms with E-state index in [0.29, 0.717) is 32.1 Å². The lowest BCUT2D eigenvalue weighted by Crippen LogP contribution is -2.66. The van der Waals surface area contributed by atoms with E-state index in [1.165, 1.54) is 5.57 Å². The molecule has 7 rings (SSSR count). The summed E-state index contributed by atoms with van der Waals surface area (Å²) in [6.45, 7) is 12.5. The molecule has 6 fully saturated rings. The fourth-order valence-electron chi connectivity index (χ4n) is 13.5. The van der Waals surface area contributed by atoms with Crippen LogP contribution in [0.2, 0.25) is 0 Å². The molecule has 324 valence electrons. The van der Waals surface area contributed by atoms with Gasteiger partial charge in [-0.15, -0.1) is 0 Å². The Bertz CT molecular complexity index is 1590. The van der Waals surface area contributed by atoms with Crippen LogP contribution in [0.4, 0.5) is 0 Å². The first-order chi connectivity index (χ1) is 26.5. The topological polar surface area (TPSA) is 253 Å². The summed E-state index contributed by atoms with van der Waals surface area (Å²) in [5.41, 5.74) is -1.36. The Morgan fingerprint density at radius 2 is 1.40 bits per heavy atom. The zero-order valence-corrected chi connectivity index (χ0v) is 34.1. The number of carbonyl (C=O) groups is 2. The van der Waals surface area contributed by atoms with Crippen LogP contribution in [0.15, 0.2) is 11.6 Å². The standard InChI is InChI=1S/C42H66O15/c1-37(2)13-15-42(36(53)57-35-31(50)27(46)26(45)22(18-43)54-35)16-14-40(5)20(21(42)17-37)7-8-24-38(3)11-10-25(39(4,19-44)23(38)9-12-41(24,40)6)55-34(52)32-29(48)28(47)30(49)33(51)56-32/h7,21-33,35,43-51H,8-19H2,1-6H3. The molecule has 0 aromatic heterocycles. The van der Waals surface area contributed by atoms with Crippen molar-refractivity contribution in [1.29, 1.82) is 0 Å². The first-order valence-corrected chi connectivity index (χ1v) is 21.0. The van der Waals surface area contributed by atoms with Crippen molar-refractivity contribution < 1.29 is 74.5 Å². The lowest BCUT2D eigenvalue weighted by atomic mass is 9.33. The highest BCUT2D eigenvalue weighted by Crippen LogP contribution is 2.76. The van der Waals surface area contributed by atoms with Gasteiger partial charge in [-0.1, -0.05) is 53.2 Å². The number of aliphatic hydroxyl groups excluding tert-OH is 9. The molecule has 0 aromatic rings. The molecular formula is C42H66O15. The van der Waals surface area contributed by atoms with Gasteiger partial charge in [-0.2, -0.15) is 0 Å². The van der Waals surface area contributed by atoms with Crippen LogP contribution in [0.3, 0.4) is 0 Å². The van der Waals surface area contributed by atoms with Gasteiger partial charge in [0.05, 0.1) is 18.6 Å². The van der Waals surface area contributed by atoms with Crippen molar-refractivity contribution in [1.82, 2.24) is 0 Å². The van der Waals surface area contributed by atoms with Crippen molar-refractivity contribution in [3.63, 3.8) is 0 Å². The van der Waals surface area contributed by atoms with Crippen LogP contribution in [0.1, 0.15) is 106 Å². The molecule has 19 unspecified atom stereocenters. The molecular weight excluding hydrogens is 744 g/mol. The third-order valence-corrected chi connectivity index (χ3v) is 17.3. The predicted octanol–water partition coefficient (Wildman–Crippen LogP) is 0.815. The lowest BCUT2D eigenvalue weighted by molar-refractivity contribution is -0.297. The van der Waals surface area contributed by atoms with Crippen LogP contribution in [0.25, 0.3) is 0 Å². The molecule has 0 amide bonds.